The van der Waals surface area contributed by atoms with Gasteiger partial charge in [-0.25, -0.2) is 18.5 Å². The largest absolute Gasteiger partial charge is 0.347 e. The Labute approximate surface area is 147 Å². The molecule has 0 unspecified atom stereocenters. The predicted octanol–water partition coefficient (Wildman–Crippen LogP) is 1.18. The second kappa shape index (κ2) is 7.05. The van der Waals surface area contributed by atoms with Crippen molar-refractivity contribution in [1.29, 1.82) is 0 Å². The standard InChI is InChI=1S/C15H13N5O3S2/c16-25(22,23)11-3-1-10(2-4-11)7-19-14(21)13-9-24-15(20-13)12-8-17-5-6-18-12/h1-6,8-9H,7H2,(H,19,21)(H2,16,22,23). The summed E-state index contributed by atoms with van der Waals surface area (Å²) in [4.78, 5) is 24.5. The van der Waals surface area contributed by atoms with E-state index in [0.29, 0.717) is 10.7 Å². The molecule has 3 N–H and O–H groups in total. The molecule has 0 fully saturated rings. The summed E-state index contributed by atoms with van der Waals surface area (Å²) in [6.45, 7) is 0.238. The molecular weight excluding hydrogens is 362 g/mol. The first-order valence-corrected chi connectivity index (χ1v) is 9.48. The van der Waals surface area contributed by atoms with E-state index < -0.39 is 10.0 Å². The van der Waals surface area contributed by atoms with Crippen LogP contribution in [-0.4, -0.2) is 29.3 Å². The zero-order valence-corrected chi connectivity index (χ0v) is 14.4. The van der Waals surface area contributed by atoms with Crippen LogP contribution in [0.1, 0.15) is 16.1 Å². The van der Waals surface area contributed by atoms with Crippen LogP contribution in [0.5, 0.6) is 0 Å². The van der Waals surface area contributed by atoms with Gasteiger partial charge < -0.3 is 5.32 Å². The Morgan fingerprint density at radius 3 is 2.60 bits per heavy atom. The van der Waals surface area contributed by atoms with Crippen LogP contribution in [0.4, 0.5) is 0 Å². The second-order valence-corrected chi connectivity index (χ2v) is 7.42. The molecule has 3 rings (SSSR count). The van der Waals surface area contributed by atoms with E-state index in [4.69, 9.17) is 5.14 Å². The third-order valence-electron chi connectivity index (χ3n) is 3.22. The van der Waals surface area contributed by atoms with Crippen LogP contribution in [-0.2, 0) is 16.6 Å². The smallest absolute Gasteiger partial charge is 0.271 e. The van der Waals surface area contributed by atoms with E-state index in [2.05, 4.69) is 20.3 Å². The summed E-state index contributed by atoms with van der Waals surface area (Å²) in [5, 5.41) is 10.0. The summed E-state index contributed by atoms with van der Waals surface area (Å²) in [5.41, 5.74) is 1.63. The van der Waals surface area contributed by atoms with Crippen molar-refractivity contribution in [1.82, 2.24) is 20.3 Å². The van der Waals surface area contributed by atoms with Gasteiger partial charge in [0.05, 0.1) is 11.1 Å². The van der Waals surface area contributed by atoms with Gasteiger partial charge in [-0.3, -0.25) is 14.8 Å². The molecule has 128 valence electrons. The van der Waals surface area contributed by atoms with Crippen molar-refractivity contribution in [2.45, 2.75) is 11.4 Å². The quantitative estimate of drug-likeness (QED) is 0.689. The Hall–Kier alpha value is -2.69. The van der Waals surface area contributed by atoms with Crippen molar-refractivity contribution in [2.24, 2.45) is 5.14 Å². The lowest BCUT2D eigenvalue weighted by Gasteiger charge is -2.04. The first kappa shape index (κ1) is 17.1. The Kier molecular flexibility index (Phi) is 4.83. The predicted molar refractivity (Wildman–Crippen MR) is 92.1 cm³/mol. The van der Waals surface area contributed by atoms with Crippen LogP contribution in [0.15, 0.2) is 53.1 Å². The first-order chi connectivity index (χ1) is 11.9. The molecule has 0 atom stereocenters. The van der Waals surface area contributed by atoms with E-state index >= 15 is 0 Å². The molecule has 10 heteroatoms. The fraction of sp³-hybridized carbons (Fsp3) is 0.0667. The second-order valence-electron chi connectivity index (χ2n) is 5.00. The van der Waals surface area contributed by atoms with Crippen molar-refractivity contribution >= 4 is 27.3 Å². The van der Waals surface area contributed by atoms with E-state index in [1.54, 1.807) is 36.1 Å². The molecule has 0 aliphatic rings. The van der Waals surface area contributed by atoms with Crippen molar-refractivity contribution in [3.05, 3.63) is 59.5 Å². The molecule has 3 aromatic rings. The lowest BCUT2D eigenvalue weighted by Crippen LogP contribution is -2.23. The summed E-state index contributed by atoms with van der Waals surface area (Å²) < 4.78 is 22.4. The van der Waals surface area contributed by atoms with Crippen molar-refractivity contribution in [3.63, 3.8) is 0 Å². The molecule has 0 aliphatic carbocycles. The zero-order valence-electron chi connectivity index (χ0n) is 12.8. The lowest BCUT2D eigenvalue weighted by molar-refractivity contribution is 0.0946. The van der Waals surface area contributed by atoms with Gasteiger partial charge in [0.2, 0.25) is 10.0 Å². The average molecular weight is 375 g/mol. The van der Waals surface area contributed by atoms with Gasteiger partial charge in [0, 0.05) is 24.3 Å². The van der Waals surface area contributed by atoms with Gasteiger partial charge in [0.15, 0.2) is 0 Å². The number of nitrogens with one attached hydrogen (secondary N) is 1. The van der Waals surface area contributed by atoms with E-state index in [9.17, 15) is 13.2 Å². The number of carbonyl (C=O) groups is 1. The van der Waals surface area contributed by atoms with E-state index in [-0.39, 0.29) is 23.0 Å². The van der Waals surface area contributed by atoms with E-state index in [0.717, 1.165) is 5.56 Å². The Balaban J connectivity index is 1.64. The number of amides is 1. The maximum Gasteiger partial charge on any atom is 0.271 e. The molecule has 1 amide bonds. The van der Waals surface area contributed by atoms with E-state index in [1.807, 2.05) is 0 Å². The van der Waals surface area contributed by atoms with E-state index in [1.165, 1.54) is 23.5 Å². The summed E-state index contributed by atoms with van der Waals surface area (Å²) >= 11 is 1.30. The summed E-state index contributed by atoms with van der Waals surface area (Å²) in [5.74, 6) is -0.332. The summed E-state index contributed by atoms with van der Waals surface area (Å²) in [6, 6.07) is 5.97. The Bertz CT molecular complexity index is 986. The van der Waals surface area contributed by atoms with Crippen LogP contribution < -0.4 is 10.5 Å². The minimum atomic E-state index is -3.72. The number of sulfonamides is 1. The van der Waals surface area contributed by atoms with Crippen LogP contribution in [0, 0.1) is 0 Å². The SMILES string of the molecule is NS(=O)(=O)c1ccc(CNC(=O)c2csc(-c3cnccn3)n2)cc1. The highest BCUT2D eigenvalue weighted by Gasteiger charge is 2.13. The third kappa shape index (κ3) is 4.24. The number of hydrogen-bond acceptors (Lipinski definition) is 7. The fourth-order valence-electron chi connectivity index (χ4n) is 1.98. The molecule has 2 heterocycles. The van der Waals surface area contributed by atoms with Gasteiger partial charge in [-0.2, -0.15) is 0 Å². The number of rotatable bonds is 5. The molecule has 0 aliphatic heterocycles. The Morgan fingerprint density at radius 2 is 1.96 bits per heavy atom. The van der Waals surface area contributed by atoms with Crippen LogP contribution in [0.2, 0.25) is 0 Å². The van der Waals surface area contributed by atoms with Crippen molar-refractivity contribution in [2.75, 3.05) is 0 Å². The summed E-state index contributed by atoms with van der Waals surface area (Å²) in [6.07, 6.45) is 4.70. The highest BCUT2D eigenvalue weighted by atomic mass is 32.2. The average Bonchev–Trinajstić information content (AvgIpc) is 3.10. The molecule has 0 radical (unpaired) electrons. The fourth-order valence-corrected chi connectivity index (χ4v) is 3.25. The molecule has 1 aromatic carbocycles. The van der Waals surface area contributed by atoms with Crippen LogP contribution in [0.25, 0.3) is 10.7 Å². The summed E-state index contributed by atoms with van der Waals surface area (Å²) in [7, 11) is -3.72. The monoisotopic (exact) mass is 375 g/mol. The van der Waals surface area contributed by atoms with Gasteiger partial charge in [0.25, 0.3) is 5.91 Å². The molecule has 2 aromatic heterocycles. The Morgan fingerprint density at radius 1 is 1.20 bits per heavy atom. The molecule has 0 saturated carbocycles. The molecule has 0 saturated heterocycles. The molecule has 25 heavy (non-hydrogen) atoms. The van der Waals surface area contributed by atoms with Gasteiger partial charge in [0.1, 0.15) is 16.4 Å². The third-order valence-corrected chi connectivity index (χ3v) is 5.02. The number of aromatic nitrogens is 3. The highest BCUT2D eigenvalue weighted by Crippen LogP contribution is 2.20. The van der Waals surface area contributed by atoms with Gasteiger partial charge in [-0.1, -0.05) is 12.1 Å². The number of nitrogens with two attached hydrogens (primary N) is 1. The normalized spacial score (nSPS) is 11.2. The molecule has 0 bridgehead atoms. The van der Waals surface area contributed by atoms with Gasteiger partial charge in [-0.05, 0) is 17.7 Å². The van der Waals surface area contributed by atoms with Crippen LogP contribution in [0.3, 0.4) is 0 Å². The van der Waals surface area contributed by atoms with Gasteiger partial charge >= 0.3 is 0 Å². The number of benzene rings is 1. The number of hydrogen-bond donors (Lipinski definition) is 2. The number of thiazole rings is 1. The number of primary sulfonamides is 1. The number of nitrogens with zero attached hydrogens (tertiary/aromatic N) is 3. The minimum Gasteiger partial charge on any atom is -0.347 e. The maximum atomic E-state index is 12.2. The minimum absolute atomic E-state index is 0.0238. The highest BCUT2D eigenvalue weighted by molar-refractivity contribution is 7.89. The van der Waals surface area contributed by atoms with Gasteiger partial charge in [-0.15, -0.1) is 11.3 Å². The maximum absolute atomic E-state index is 12.2. The first-order valence-electron chi connectivity index (χ1n) is 7.05. The van der Waals surface area contributed by atoms with Crippen molar-refractivity contribution < 1.29 is 13.2 Å². The molecular formula is C15H13N5O3S2. The van der Waals surface area contributed by atoms with Crippen molar-refractivity contribution in [3.8, 4) is 10.7 Å². The lowest BCUT2D eigenvalue weighted by atomic mass is 10.2. The van der Waals surface area contributed by atoms with Crippen LogP contribution >= 0.6 is 11.3 Å². The molecule has 8 nitrogen and oxygen atoms in total. The zero-order chi connectivity index (χ0) is 17.9. The molecule has 0 spiro atoms. The number of carbonyl (C=O) groups excluding carboxylic acids is 1. The topological polar surface area (TPSA) is 128 Å².